The summed E-state index contributed by atoms with van der Waals surface area (Å²) in [5.41, 5.74) is 0.0741. The lowest BCUT2D eigenvalue weighted by Gasteiger charge is -2.09. The second-order valence-electron chi connectivity index (χ2n) is 4.73. The number of esters is 1. The van der Waals surface area contributed by atoms with Gasteiger partial charge in [-0.15, -0.1) is 0 Å². The molecule has 0 bridgehead atoms. The molecule has 0 saturated heterocycles. The van der Waals surface area contributed by atoms with Crippen molar-refractivity contribution in [3.63, 3.8) is 0 Å². The number of imide groups is 1. The molecule has 0 atom stereocenters. The zero-order valence-corrected chi connectivity index (χ0v) is 14.0. The minimum atomic E-state index is -0.800. The summed E-state index contributed by atoms with van der Waals surface area (Å²) in [5, 5.41) is 4.76. The highest BCUT2D eigenvalue weighted by molar-refractivity contribution is 6.31. The van der Waals surface area contributed by atoms with Crippen molar-refractivity contribution < 1.29 is 28.3 Å². The summed E-state index contributed by atoms with van der Waals surface area (Å²) in [6.45, 7) is -0.520. The van der Waals surface area contributed by atoms with Crippen LogP contribution in [-0.2, 0) is 16.1 Å². The number of hydrogen-bond donors (Lipinski definition) is 2. The van der Waals surface area contributed by atoms with E-state index in [0.29, 0.717) is 10.8 Å². The third-order valence-corrected chi connectivity index (χ3v) is 3.21. The number of carbonyl (C=O) groups excluding carboxylic acids is 3. The van der Waals surface area contributed by atoms with Crippen LogP contribution in [0, 0.1) is 0 Å². The second-order valence-corrected chi connectivity index (χ2v) is 5.17. The van der Waals surface area contributed by atoms with Crippen molar-refractivity contribution in [2.45, 2.75) is 6.54 Å². The lowest BCUT2D eigenvalue weighted by Crippen LogP contribution is -2.41. The molecule has 0 aliphatic rings. The molecule has 1 aromatic carbocycles. The summed E-state index contributed by atoms with van der Waals surface area (Å²) in [7, 11) is 1.39. The van der Waals surface area contributed by atoms with Gasteiger partial charge < -0.3 is 19.2 Å². The van der Waals surface area contributed by atoms with Crippen LogP contribution in [0.25, 0.3) is 0 Å². The van der Waals surface area contributed by atoms with Crippen LogP contribution in [0.15, 0.2) is 41.0 Å². The van der Waals surface area contributed by atoms with Crippen LogP contribution < -0.4 is 15.4 Å². The van der Waals surface area contributed by atoms with Crippen LogP contribution in [0.3, 0.4) is 0 Å². The number of furan rings is 1. The van der Waals surface area contributed by atoms with Crippen molar-refractivity contribution in [1.29, 1.82) is 0 Å². The number of hydrogen-bond acceptors (Lipinski definition) is 6. The van der Waals surface area contributed by atoms with Gasteiger partial charge >= 0.3 is 12.0 Å². The van der Waals surface area contributed by atoms with E-state index < -0.39 is 24.5 Å². The number of nitrogens with one attached hydrogen (secondary N) is 2. The molecule has 0 unspecified atom stereocenters. The van der Waals surface area contributed by atoms with E-state index in [1.165, 1.54) is 25.5 Å². The molecular weight excluding hydrogens is 352 g/mol. The number of carbonyl (C=O) groups is 3. The molecule has 8 nitrogen and oxygen atoms in total. The molecule has 2 aromatic rings. The number of rotatable bonds is 6. The van der Waals surface area contributed by atoms with Crippen molar-refractivity contribution in [3.05, 3.63) is 52.9 Å². The van der Waals surface area contributed by atoms with Gasteiger partial charge in [-0.25, -0.2) is 9.59 Å². The van der Waals surface area contributed by atoms with E-state index in [1.807, 2.05) is 5.32 Å². The third-order valence-electron chi connectivity index (χ3n) is 2.97. The summed E-state index contributed by atoms with van der Waals surface area (Å²) in [4.78, 5) is 35.2. The fourth-order valence-electron chi connectivity index (χ4n) is 1.84. The second kappa shape index (κ2) is 8.74. The molecule has 0 aliphatic carbocycles. The molecule has 3 amide bonds. The van der Waals surface area contributed by atoms with Crippen LogP contribution in [0.1, 0.15) is 16.1 Å². The molecule has 25 heavy (non-hydrogen) atoms. The number of urea groups is 1. The van der Waals surface area contributed by atoms with E-state index in [0.717, 1.165) is 0 Å². The van der Waals surface area contributed by atoms with Gasteiger partial charge in [0.15, 0.2) is 6.61 Å². The molecule has 2 N–H and O–H groups in total. The fraction of sp³-hybridized carbons (Fsp3) is 0.188. The maximum atomic E-state index is 12.0. The Morgan fingerprint density at radius 3 is 2.72 bits per heavy atom. The predicted octanol–water partition coefficient (Wildman–Crippen LogP) is 2.12. The first kappa shape index (κ1) is 18.3. The Morgan fingerprint density at radius 2 is 2.04 bits per heavy atom. The van der Waals surface area contributed by atoms with Crippen molar-refractivity contribution >= 4 is 29.5 Å². The number of amides is 3. The van der Waals surface area contributed by atoms with E-state index in [9.17, 15) is 14.4 Å². The summed E-state index contributed by atoms with van der Waals surface area (Å²) in [6, 6.07) is 7.01. The Hall–Kier alpha value is -3.00. The first-order chi connectivity index (χ1) is 12.0. The zero-order chi connectivity index (χ0) is 18.2. The number of ether oxygens (including phenoxy) is 2. The van der Waals surface area contributed by atoms with Crippen molar-refractivity contribution in [3.8, 4) is 5.75 Å². The fourth-order valence-corrected chi connectivity index (χ4v) is 2.01. The third kappa shape index (κ3) is 5.54. The highest BCUT2D eigenvalue weighted by Gasteiger charge is 2.17. The van der Waals surface area contributed by atoms with E-state index in [-0.39, 0.29) is 17.9 Å². The highest BCUT2D eigenvalue weighted by atomic mass is 35.5. The lowest BCUT2D eigenvalue weighted by molar-refractivity contribution is -0.123. The topological polar surface area (TPSA) is 107 Å². The summed E-state index contributed by atoms with van der Waals surface area (Å²) in [5.74, 6) is -0.801. The van der Waals surface area contributed by atoms with Gasteiger partial charge in [0.05, 0.1) is 19.9 Å². The number of methoxy groups -OCH3 is 1. The van der Waals surface area contributed by atoms with Crippen LogP contribution >= 0.6 is 11.6 Å². The Kier molecular flexibility index (Phi) is 6.41. The van der Waals surface area contributed by atoms with E-state index in [2.05, 4.69) is 5.32 Å². The lowest BCUT2D eigenvalue weighted by atomic mass is 10.2. The van der Waals surface area contributed by atoms with Crippen LogP contribution in [0.5, 0.6) is 5.75 Å². The van der Waals surface area contributed by atoms with Gasteiger partial charge in [-0.2, -0.15) is 0 Å². The monoisotopic (exact) mass is 366 g/mol. The summed E-state index contributed by atoms with van der Waals surface area (Å²) in [6.07, 6.45) is 1.46. The molecule has 2 rings (SSSR count). The average molecular weight is 367 g/mol. The van der Waals surface area contributed by atoms with E-state index in [1.54, 1.807) is 18.2 Å². The normalized spacial score (nSPS) is 10.0. The van der Waals surface area contributed by atoms with Crippen molar-refractivity contribution in [2.75, 3.05) is 13.7 Å². The van der Waals surface area contributed by atoms with Gasteiger partial charge in [0, 0.05) is 5.02 Å². The Bertz CT molecular complexity index is 760. The molecule has 0 fully saturated rings. The first-order valence-electron chi connectivity index (χ1n) is 7.10. The molecule has 132 valence electrons. The van der Waals surface area contributed by atoms with Crippen LogP contribution in [0.4, 0.5) is 4.79 Å². The van der Waals surface area contributed by atoms with Gasteiger partial charge in [0.25, 0.3) is 5.91 Å². The Balaban J connectivity index is 1.80. The maximum Gasteiger partial charge on any atom is 0.342 e. The maximum absolute atomic E-state index is 12.0. The van der Waals surface area contributed by atoms with Gasteiger partial charge in [0.2, 0.25) is 0 Å². The van der Waals surface area contributed by atoms with Gasteiger partial charge in [-0.1, -0.05) is 11.6 Å². The van der Waals surface area contributed by atoms with Gasteiger partial charge in [0.1, 0.15) is 17.1 Å². The van der Waals surface area contributed by atoms with E-state index in [4.69, 9.17) is 25.5 Å². The largest absolute Gasteiger partial charge is 0.496 e. The summed E-state index contributed by atoms with van der Waals surface area (Å²) < 4.78 is 14.9. The van der Waals surface area contributed by atoms with E-state index >= 15 is 0 Å². The summed E-state index contributed by atoms with van der Waals surface area (Å²) >= 11 is 5.82. The molecule has 0 radical (unpaired) electrons. The van der Waals surface area contributed by atoms with Crippen molar-refractivity contribution in [1.82, 2.24) is 10.6 Å². The highest BCUT2D eigenvalue weighted by Crippen LogP contribution is 2.23. The smallest absolute Gasteiger partial charge is 0.342 e. The molecule has 1 aromatic heterocycles. The molecular formula is C16H15ClN2O6. The molecule has 0 spiro atoms. The van der Waals surface area contributed by atoms with Gasteiger partial charge in [-0.05, 0) is 30.3 Å². The molecule has 0 aliphatic heterocycles. The predicted molar refractivity (Wildman–Crippen MR) is 87.4 cm³/mol. The van der Waals surface area contributed by atoms with Crippen LogP contribution in [0.2, 0.25) is 5.02 Å². The SMILES string of the molecule is COc1ccc(Cl)cc1C(=O)OCC(=O)NC(=O)NCc1ccco1. The Labute approximate surface area is 148 Å². The average Bonchev–Trinajstić information content (AvgIpc) is 3.11. The van der Waals surface area contributed by atoms with Crippen molar-refractivity contribution in [2.24, 2.45) is 0 Å². The number of halogens is 1. The molecule has 9 heteroatoms. The minimum absolute atomic E-state index is 0.0741. The first-order valence-corrected chi connectivity index (χ1v) is 7.48. The quantitative estimate of drug-likeness (QED) is 0.758. The zero-order valence-electron chi connectivity index (χ0n) is 13.2. The molecule has 1 heterocycles. The van der Waals surface area contributed by atoms with Crippen LogP contribution in [-0.4, -0.2) is 31.6 Å². The standard InChI is InChI=1S/C16H15ClN2O6/c1-23-13-5-4-10(17)7-12(13)15(21)25-9-14(20)19-16(22)18-8-11-3-2-6-24-11/h2-7H,8-9H2,1H3,(H2,18,19,20,22). The van der Waals surface area contributed by atoms with Gasteiger partial charge in [-0.3, -0.25) is 10.1 Å². The number of benzene rings is 1. The Morgan fingerprint density at radius 1 is 1.24 bits per heavy atom. The minimum Gasteiger partial charge on any atom is -0.496 e. The molecule has 0 saturated carbocycles.